The average Bonchev–Trinajstić information content (AvgIpc) is 2.92. The first kappa shape index (κ1) is 12.7. The number of rotatable bonds is 3. The van der Waals surface area contributed by atoms with E-state index in [1.54, 1.807) is 36.4 Å². The topological polar surface area (TPSA) is 59.2 Å². The van der Waals surface area contributed by atoms with Gasteiger partial charge in [0, 0.05) is 6.20 Å². The number of sulfone groups is 1. The fourth-order valence-electron chi connectivity index (χ4n) is 2.23. The van der Waals surface area contributed by atoms with Gasteiger partial charge < -0.3 is 9.72 Å². The zero-order valence-electron chi connectivity index (χ0n) is 10.8. The van der Waals surface area contributed by atoms with E-state index in [4.69, 9.17) is 4.74 Å². The van der Waals surface area contributed by atoms with Crippen LogP contribution < -0.4 is 4.74 Å². The number of aromatic nitrogens is 1. The summed E-state index contributed by atoms with van der Waals surface area (Å²) in [5.74, 6) is 0.540. The van der Waals surface area contributed by atoms with E-state index in [1.807, 2.05) is 12.1 Å². The van der Waals surface area contributed by atoms with E-state index in [0.29, 0.717) is 11.1 Å². The van der Waals surface area contributed by atoms with Crippen LogP contribution in [-0.4, -0.2) is 20.5 Å². The Bertz CT molecular complexity index is 851. The zero-order valence-corrected chi connectivity index (χ0v) is 11.6. The molecule has 20 heavy (non-hydrogen) atoms. The molecule has 0 bridgehead atoms. The largest absolute Gasteiger partial charge is 0.496 e. The molecule has 0 saturated heterocycles. The molecule has 0 fully saturated rings. The van der Waals surface area contributed by atoms with Gasteiger partial charge in [0.15, 0.2) is 0 Å². The van der Waals surface area contributed by atoms with E-state index in [2.05, 4.69) is 4.98 Å². The number of hydrogen-bond acceptors (Lipinski definition) is 3. The number of ether oxygens (including phenoxy) is 1. The third-order valence-corrected chi connectivity index (χ3v) is 4.99. The SMILES string of the molecule is COc1cccc2[nH]cc(S(=O)(=O)c3ccccc3)c12. The van der Waals surface area contributed by atoms with E-state index >= 15 is 0 Å². The summed E-state index contributed by atoms with van der Waals surface area (Å²) in [6.07, 6.45) is 1.51. The van der Waals surface area contributed by atoms with Gasteiger partial charge in [-0.25, -0.2) is 8.42 Å². The third kappa shape index (κ3) is 1.87. The molecule has 0 spiro atoms. The molecule has 0 aliphatic carbocycles. The zero-order chi connectivity index (χ0) is 14.2. The Balaban J connectivity index is 2.31. The van der Waals surface area contributed by atoms with Crippen LogP contribution in [-0.2, 0) is 9.84 Å². The first-order valence-electron chi connectivity index (χ1n) is 6.09. The molecule has 1 aromatic heterocycles. The Labute approximate surface area is 116 Å². The lowest BCUT2D eigenvalue weighted by atomic mass is 10.2. The molecule has 3 aromatic rings. The summed E-state index contributed by atoms with van der Waals surface area (Å²) in [4.78, 5) is 3.48. The second-order valence-corrected chi connectivity index (χ2v) is 6.27. The number of aromatic amines is 1. The van der Waals surface area contributed by atoms with Crippen LogP contribution in [0.15, 0.2) is 64.5 Å². The van der Waals surface area contributed by atoms with Crippen molar-refractivity contribution in [1.29, 1.82) is 0 Å². The standard InChI is InChI=1S/C15H13NO3S/c1-19-13-9-5-8-12-15(13)14(10-16-12)20(17,18)11-6-3-2-4-7-11/h2-10,16H,1H3. The molecule has 0 amide bonds. The summed E-state index contributed by atoms with van der Waals surface area (Å²) in [5, 5.41) is 0.582. The van der Waals surface area contributed by atoms with Crippen molar-refractivity contribution in [3.8, 4) is 5.75 Å². The Hall–Kier alpha value is -2.27. The van der Waals surface area contributed by atoms with Crippen molar-refractivity contribution < 1.29 is 13.2 Å². The minimum absolute atomic E-state index is 0.233. The van der Waals surface area contributed by atoms with Crippen molar-refractivity contribution in [2.24, 2.45) is 0 Å². The number of benzene rings is 2. The number of nitrogens with one attached hydrogen (secondary N) is 1. The molecular formula is C15H13NO3S. The average molecular weight is 287 g/mol. The van der Waals surface area contributed by atoms with E-state index in [0.717, 1.165) is 5.52 Å². The molecular weight excluding hydrogens is 274 g/mol. The predicted octanol–water partition coefficient (Wildman–Crippen LogP) is 3.01. The summed E-state index contributed by atoms with van der Waals surface area (Å²) < 4.78 is 30.7. The van der Waals surface area contributed by atoms with Crippen molar-refractivity contribution in [3.63, 3.8) is 0 Å². The smallest absolute Gasteiger partial charge is 0.208 e. The second-order valence-electron chi connectivity index (χ2n) is 4.35. The van der Waals surface area contributed by atoms with Crippen LogP contribution in [0.4, 0.5) is 0 Å². The normalized spacial score (nSPS) is 11.7. The molecule has 0 aliphatic rings. The molecule has 0 saturated carbocycles. The van der Waals surface area contributed by atoms with Gasteiger partial charge in [-0.1, -0.05) is 24.3 Å². The van der Waals surface area contributed by atoms with Gasteiger partial charge in [0.2, 0.25) is 9.84 Å². The maximum atomic E-state index is 12.7. The van der Waals surface area contributed by atoms with Crippen LogP contribution in [0.25, 0.3) is 10.9 Å². The molecule has 0 radical (unpaired) electrons. The first-order chi connectivity index (χ1) is 9.64. The highest BCUT2D eigenvalue weighted by atomic mass is 32.2. The number of H-pyrrole nitrogens is 1. The molecule has 2 aromatic carbocycles. The fourth-order valence-corrected chi connectivity index (χ4v) is 3.69. The van der Waals surface area contributed by atoms with Crippen LogP contribution in [0.1, 0.15) is 0 Å². The Morgan fingerprint density at radius 2 is 1.75 bits per heavy atom. The molecule has 5 heteroatoms. The van der Waals surface area contributed by atoms with Gasteiger partial charge in [-0.15, -0.1) is 0 Å². The van der Waals surface area contributed by atoms with Crippen LogP contribution in [0.2, 0.25) is 0 Å². The van der Waals surface area contributed by atoms with Crippen molar-refractivity contribution >= 4 is 20.7 Å². The Kier molecular flexibility index (Phi) is 2.99. The van der Waals surface area contributed by atoms with Crippen LogP contribution >= 0.6 is 0 Å². The van der Waals surface area contributed by atoms with Crippen LogP contribution in [0.5, 0.6) is 5.75 Å². The van der Waals surface area contributed by atoms with E-state index in [-0.39, 0.29) is 9.79 Å². The highest BCUT2D eigenvalue weighted by Crippen LogP contribution is 2.34. The lowest BCUT2D eigenvalue weighted by Crippen LogP contribution is -2.01. The van der Waals surface area contributed by atoms with Crippen molar-refractivity contribution in [3.05, 3.63) is 54.7 Å². The van der Waals surface area contributed by atoms with Gasteiger partial charge in [0.05, 0.1) is 22.9 Å². The van der Waals surface area contributed by atoms with Gasteiger partial charge in [-0.2, -0.15) is 0 Å². The summed E-state index contributed by atoms with van der Waals surface area (Å²) >= 11 is 0. The van der Waals surface area contributed by atoms with Gasteiger partial charge in [0.1, 0.15) is 10.6 Å². The minimum Gasteiger partial charge on any atom is -0.496 e. The van der Waals surface area contributed by atoms with Crippen molar-refractivity contribution in [1.82, 2.24) is 4.98 Å². The van der Waals surface area contributed by atoms with Crippen LogP contribution in [0.3, 0.4) is 0 Å². The number of fused-ring (bicyclic) bond motifs is 1. The quantitative estimate of drug-likeness (QED) is 0.805. The number of hydrogen-bond donors (Lipinski definition) is 1. The molecule has 3 rings (SSSR count). The molecule has 0 atom stereocenters. The minimum atomic E-state index is -3.57. The maximum absolute atomic E-state index is 12.7. The summed E-state index contributed by atoms with van der Waals surface area (Å²) in [6.45, 7) is 0. The van der Waals surface area contributed by atoms with Crippen molar-refractivity contribution in [2.45, 2.75) is 9.79 Å². The Morgan fingerprint density at radius 3 is 2.45 bits per heavy atom. The highest BCUT2D eigenvalue weighted by Gasteiger charge is 2.23. The molecule has 4 nitrogen and oxygen atoms in total. The maximum Gasteiger partial charge on any atom is 0.208 e. The monoisotopic (exact) mass is 287 g/mol. The molecule has 0 aliphatic heterocycles. The molecule has 1 heterocycles. The number of methoxy groups -OCH3 is 1. The lowest BCUT2D eigenvalue weighted by molar-refractivity contribution is 0.419. The van der Waals surface area contributed by atoms with Crippen molar-refractivity contribution in [2.75, 3.05) is 7.11 Å². The van der Waals surface area contributed by atoms with Gasteiger partial charge in [-0.3, -0.25) is 0 Å². The van der Waals surface area contributed by atoms with Gasteiger partial charge >= 0.3 is 0 Å². The van der Waals surface area contributed by atoms with Gasteiger partial charge in [-0.05, 0) is 24.3 Å². The lowest BCUT2D eigenvalue weighted by Gasteiger charge is -2.06. The molecule has 0 unspecified atom stereocenters. The molecule has 102 valence electrons. The summed E-state index contributed by atoms with van der Waals surface area (Å²) in [7, 11) is -2.04. The van der Waals surface area contributed by atoms with Crippen LogP contribution in [0, 0.1) is 0 Å². The van der Waals surface area contributed by atoms with E-state index in [9.17, 15) is 8.42 Å². The predicted molar refractivity (Wildman–Crippen MR) is 76.7 cm³/mol. The summed E-state index contributed by atoms with van der Waals surface area (Å²) in [5.41, 5.74) is 0.735. The Morgan fingerprint density at radius 1 is 1.00 bits per heavy atom. The first-order valence-corrected chi connectivity index (χ1v) is 7.57. The summed E-state index contributed by atoms with van der Waals surface area (Å²) in [6, 6.07) is 13.8. The second kappa shape index (κ2) is 4.68. The molecule has 1 N–H and O–H groups in total. The third-order valence-electron chi connectivity index (χ3n) is 3.19. The van der Waals surface area contributed by atoms with Gasteiger partial charge in [0.25, 0.3) is 0 Å². The highest BCUT2D eigenvalue weighted by molar-refractivity contribution is 7.91. The fraction of sp³-hybridized carbons (Fsp3) is 0.0667. The van der Waals surface area contributed by atoms with E-state index < -0.39 is 9.84 Å². The van der Waals surface area contributed by atoms with E-state index in [1.165, 1.54) is 13.3 Å².